The Morgan fingerprint density at radius 1 is 1.37 bits per heavy atom. The van der Waals surface area contributed by atoms with Crippen LogP contribution in [0.15, 0.2) is 30.1 Å². The molecular weight excluding hydrogens is 384 g/mol. The van der Waals surface area contributed by atoms with Gasteiger partial charge in [-0.2, -0.15) is 0 Å². The van der Waals surface area contributed by atoms with Crippen molar-refractivity contribution in [3.63, 3.8) is 0 Å². The first-order valence-electron chi connectivity index (χ1n) is 9.86. The van der Waals surface area contributed by atoms with Crippen LogP contribution in [-0.2, 0) is 16.1 Å². The minimum atomic E-state index is -0.616. The number of piperidine rings is 1. The summed E-state index contributed by atoms with van der Waals surface area (Å²) < 4.78 is 0. The van der Waals surface area contributed by atoms with Crippen molar-refractivity contribution in [3.8, 4) is 12.3 Å². The van der Waals surface area contributed by atoms with Crippen LogP contribution in [0.4, 0.5) is 5.69 Å². The SMILES string of the molecule is C#C/C(N)=C/N(N)CCCCNc1cccc2c1CN(C1CCC(=O)NC1=O)C2=O. The predicted octanol–water partition coefficient (Wildman–Crippen LogP) is 0.249. The molecule has 2 heterocycles. The Hall–Kier alpha value is -3.51. The molecule has 0 aliphatic carbocycles. The Bertz CT molecular complexity index is 920. The summed E-state index contributed by atoms with van der Waals surface area (Å²) in [4.78, 5) is 37.9. The number of benzene rings is 1. The number of hydrazine groups is 1. The van der Waals surface area contributed by atoms with Crippen LogP contribution in [0.1, 0.15) is 41.6 Å². The summed E-state index contributed by atoms with van der Waals surface area (Å²) in [7, 11) is 0. The van der Waals surface area contributed by atoms with Gasteiger partial charge in [-0.25, -0.2) is 5.84 Å². The molecule has 1 aromatic rings. The topological polar surface area (TPSA) is 134 Å². The van der Waals surface area contributed by atoms with Crippen LogP contribution in [0.2, 0.25) is 0 Å². The summed E-state index contributed by atoms with van der Waals surface area (Å²) in [5.41, 5.74) is 8.16. The fourth-order valence-corrected chi connectivity index (χ4v) is 3.67. The second-order valence-corrected chi connectivity index (χ2v) is 7.33. The van der Waals surface area contributed by atoms with Crippen molar-refractivity contribution in [1.82, 2.24) is 15.2 Å². The Morgan fingerprint density at radius 2 is 2.17 bits per heavy atom. The first kappa shape index (κ1) is 21.2. The number of allylic oxidation sites excluding steroid dienone is 1. The van der Waals surface area contributed by atoms with Gasteiger partial charge in [-0.15, -0.1) is 6.42 Å². The highest BCUT2D eigenvalue weighted by atomic mass is 16.2. The zero-order valence-electron chi connectivity index (χ0n) is 16.7. The third kappa shape index (κ3) is 4.72. The maximum Gasteiger partial charge on any atom is 0.255 e. The van der Waals surface area contributed by atoms with Crippen molar-refractivity contribution in [1.29, 1.82) is 0 Å². The quantitative estimate of drug-likeness (QED) is 0.159. The number of carbonyl (C=O) groups excluding carboxylic acids is 3. The number of rotatable bonds is 8. The maximum atomic E-state index is 12.8. The summed E-state index contributed by atoms with van der Waals surface area (Å²) in [6, 6.07) is 4.89. The van der Waals surface area contributed by atoms with Crippen molar-refractivity contribution in [2.45, 2.75) is 38.3 Å². The van der Waals surface area contributed by atoms with E-state index < -0.39 is 11.9 Å². The lowest BCUT2D eigenvalue weighted by Crippen LogP contribution is -2.52. The number of fused-ring (bicyclic) bond motifs is 1. The number of amides is 3. The third-order valence-electron chi connectivity index (χ3n) is 5.21. The van der Waals surface area contributed by atoms with Crippen molar-refractivity contribution >= 4 is 23.4 Å². The molecule has 3 rings (SSSR count). The molecule has 0 saturated carbocycles. The molecule has 1 aromatic carbocycles. The van der Waals surface area contributed by atoms with E-state index >= 15 is 0 Å². The van der Waals surface area contributed by atoms with Gasteiger partial charge in [-0.3, -0.25) is 19.7 Å². The molecule has 1 unspecified atom stereocenters. The lowest BCUT2D eigenvalue weighted by atomic mass is 10.0. The minimum absolute atomic E-state index is 0.181. The monoisotopic (exact) mass is 410 g/mol. The van der Waals surface area contributed by atoms with Gasteiger partial charge in [0.05, 0.1) is 0 Å². The number of terminal acetylenes is 1. The van der Waals surface area contributed by atoms with E-state index in [4.69, 9.17) is 18.0 Å². The molecule has 2 aliphatic rings. The Morgan fingerprint density at radius 3 is 2.90 bits per heavy atom. The Balaban J connectivity index is 1.55. The second kappa shape index (κ2) is 9.33. The number of hydrogen-bond acceptors (Lipinski definition) is 7. The van der Waals surface area contributed by atoms with Crippen LogP contribution in [-0.4, -0.2) is 46.8 Å². The van der Waals surface area contributed by atoms with Crippen LogP contribution in [0.5, 0.6) is 0 Å². The molecule has 0 radical (unpaired) electrons. The molecule has 0 spiro atoms. The lowest BCUT2D eigenvalue weighted by Gasteiger charge is -2.29. The Labute approximate surface area is 175 Å². The van der Waals surface area contributed by atoms with Crippen LogP contribution in [0.3, 0.4) is 0 Å². The zero-order chi connectivity index (χ0) is 21.7. The molecule has 2 aliphatic heterocycles. The van der Waals surface area contributed by atoms with E-state index in [0.29, 0.717) is 31.6 Å². The molecule has 30 heavy (non-hydrogen) atoms. The molecule has 1 saturated heterocycles. The fourth-order valence-electron chi connectivity index (χ4n) is 3.67. The first-order valence-corrected chi connectivity index (χ1v) is 9.86. The molecule has 158 valence electrons. The molecular formula is C21H26N6O3. The summed E-state index contributed by atoms with van der Waals surface area (Å²) in [5, 5.41) is 7.15. The van der Waals surface area contributed by atoms with Gasteiger partial charge in [0.1, 0.15) is 11.7 Å². The normalized spacial score (nSPS) is 18.7. The van der Waals surface area contributed by atoms with Gasteiger partial charge in [-0.05, 0) is 31.4 Å². The standard InChI is InChI=1S/C21H26N6O3/c1-2-14(22)12-26(23)11-4-3-10-24-17-7-5-6-15-16(17)13-27(21(15)30)18-8-9-19(28)25-20(18)29/h1,5-7,12,18,24H,3-4,8-11,13,22-23H2,(H,25,28,29)/b14-12-. The molecule has 9 nitrogen and oxygen atoms in total. The van der Waals surface area contributed by atoms with E-state index in [0.717, 1.165) is 24.1 Å². The van der Waals surface area contributed by atoms with E-state index in [1.165, 1.54) is 11.2 Å². The van der Waals surface area contributed by atoms with Crippen LogP contribution < -0.4 is 22.2 Å². The zero-order valence-corrected chi connectivity index (χ0v) is 16.7. The molecule has 1 fully saturated rings. The van der Waals surface area contributed by atoms with Crippen molar-refractivity contribution in [3.05, 3.63) is 41.2 Å². The number of unbranched alkanes of at least 4 members (excludes halogenated alkanes) is 1. The number of imide groups is 1. The highest BCUT2D eigenvalue weighted by Crippen LogP contribution is 2.32. The number of nitrogens with zero attached hydrogens (tertiary/aromatic N) is 2. The smallest absolute Gasteiger partial charge is 0.255 e. The fraction of sp³-hybridized carbons (Fsp3) is 0.381. The molecule has 1 atom stereocenters. The van der Waals surface area contributed by atoms with E-state index in [9.17, 15) is 14.4 Å². The average Bonchev–Trinajstić information content (AvgIpc) is 3.05. The van der Waals surface area contributed by atoms with Crippen LogP contribution in [0.25, 0.3) is 0 Å². The van der Waals surface area contributed by atoms with E-state index in [1.807, 2.05) is 12.1 Å². The molecule has 0 aromatic heterocycles. The van der Waals surface area contributed by atoms with Gasteiger partial charge < -0.3 is 21.0 Å². The lowest BCUT2D eigenvalue weighted by molar-refractivity contribution is -0.136. The minimum Gasteiger partial charge on any atom is -0.391 e. The number of nitrogens with one attached hydrogen (secondary N) is 2. The van der Waals surface area contributed by atoms with E-state index in [2.05, 4.69) is 16.6 Å². The molecule has 9 heteroatoms. The maximum absolute atomic E-state index is 12.8. The van der Waals surface area contributed by atoms with E-state index in [-0.39, 0.29) is 23.9 Å². The van der Waals surface area contributed by atoms with Crippen molar-refractivity contribution in [2.75, 3.05) is 18.4 Å². The van der Waals surface area contributed by atoms with Gasteiger partial charge in [0, 0.05) is 49.1 Å². The summed E-state index contributed by atoms with van der Waals surface area (Å²) >= 11 is 0. The number of hydrogen-bond donors (Lipinski definition) is 4. The number of anilines is 1. The summed E-state index contributed by atoms with van der Waals surface area (Å²) in [5.74, 6) is 7.23. The summed E-state index contributed by atoms with van der Waals surface area (Å²) in [6.45, 7) is 1.65. The highest BCUT2D eigenvalue weighted by molar-refractivity contribution is 6.06. The van der Waals surface area contributed by atoms with Crippen molar-refractivity contribution < 1.29 is 14.4 Å². The largest absolute Gasteiger partial charge is 0.391 e. The van der Waals surface area contributed by atoms with E-state index in [1.54, 1.807) is 11.0 Å². The third-order valence-corrected chi connectivity index (χ3v) is 5.21. The van der Waals surface area contributed by atoms with Gasteiger partial charge >= 0.3 is 0 Å². The van der Waals surface area contributed by atoms with Gasteiger partial charge in [0.25, 0.3) is 5.91 Å². The molecule has 3 amide bonds. The van der Waals surface area contributed by atoms with Gasteiger partial charge in [0.2, 0.25) is 11.8 Å². The Kier molecular flexibility index (Phi) is 6.59. The average molecular weight is 410 g/mol. The van der Waals surface area contributed by atoms with Crippen LogP contribution >= 0.6 is 0 Å². The van der Waals surface area contributed by atoms with Gasteiger partial charge in [-0.1, -0.05) is 12.0 Å². The number of nitrogens with two attached hydrogens (primary N) is 2. The van der Waals surface area contributed by atoms with Crippen LogP contribution in [0, 0.1) is 12.3 Å². The number of carbonyl (C=O) groups is 3. The summed E-state index contributed by atoms with van der Waals surface area (Å²) in [6.07, 6.45) is 8.97. The second-order valence-electron chi connectivity index (χ2n) is 7.33. The molecule has 6 N–H and O–H groups in total. The first-order chi connectivity index (χ1) is 14.4. The van der Waals surface area contributed by atoms with Gasteiger partial charge in [0.15, 0.2) is 0 Å². The predicted molar refractivity (Wildman–Crippen MR) is 112 cm³/mol. The van der Waals surface area contributed by atoms with Crippen molar-refractivity contribution in [2.24, 2.45) is 11.6 Å². The highest BCUT2D eigenvalue weighted by Gasteiger charge is 2.39. The molecule has 0 bridgehead atoms.